The molecule has 148 valence electrons. The molecule has 0 aliphatic heterocycles. The van der Waals surface area contributed by atoms with Gasteiger partial charge in [-0.05, 0) is 39.3 Å². The van der Waals surface area contributed by atoms with Crippen molar-refractivity contribution in [2.24, 2.45) is 0 Å². The predicted octanol–water partition coefficient (Wildman–Crippen LogP) is 3.94. The molecule has 25 heavy (non-hydrogen) atoms. The molecule has 0 saturated heterocycles. The number of hydrogen-bond acceptors (Lipinski definition) is 6. The van der Waals surface area contributed by atoms with Gasteiger partial charge in [0, 0.05) is 12.2 Å². The second-order valence-corrected chi connectivity index (χ2v) is 18.8. The number of rotatable bonds is 10. The summed E-state index contributed by atoms with van der Waals surface area (Å²) in [5, 5.41) is 0. The molecule has 0 aliphatic rings. The highest BCUT2D eigenvalue weighted by molar-refractivity contribution is 6.87. The SMILES string of the molecule is C.C.C=CC(=O)OC[Si](C)(C)O[Si](C)(C)O[Si](C)(C)COC(=O)C=C. The lowest BCUT2D eigenvalue weighted by Gasteiger charge is -2.37. The zero-order valence-electron chi connectivity index (χ0n) is 14.9. The predicted molar refractivity (Wildman–Crippen MR) is 110 cm³/mol. The molecule has 0 N–H and O–H groups in total. The molecular weight excluding hydrogens is 372 g/mol. The Balaban J connectivity index is -0.00000242. The lowest BCUT2D eigenvalue weighted by Crippen LogP contribution is -2.55. The number of esters is 2. The highest BCUT2D eigenvalue weighted by atomic mass is 28.5. The van der Waals surface area contributed by atoms with Gasteiger partial charge in [0.05, 0.1) is 0 Å². The van der Waals surface area contributed by atoms with E-state index >= 15 is 0 Å². The monoisotopic (exact) mass is 408 g/mol. The highest BCUT2D eigenvalue weighted by Gasteiger charge is 2.40. The van der Waals surface area contributed by atoms with Gasteiger partial charge in [-0.25, -0.2) is 9.59 Å². The summed E-state index contributed by atoms with van der Waals surface area (Å²) >= 11 is 0. The van der Waals surface area contributed by atoms with Crippen molar-refractivity contribution in [3.63, 3.8) is 0 Å². The average molecular weight is 409 g/mol. The van der Waals surface area contributed by atoms with E-state index in [2.05, 4.69) is 13.2 Å². The van der Waals surface area contributed by atoms with Crippen molar-refractivity contribution in [1.29, 1.82) is 0 Å². The number of carbonyl (C=O) groups excluding carboxylic acids is 2. The molecule has 0 atom stereocenters. The Labute approximate surface area is 156 Å². The molecule has 0 heterocycles. The molecule has 0 radical (unpaired) electrons. The fourth-order valence-corrected chi connectivity index (χ4v) is 14.7. The summed E-state index contributed by atoms with van der Waals surface area (Å²) in [6, 6.07) is 0. The molecule has 0 rings (SSSR count). The van der Waals surface area contributed by atoms with Crippen LogP contribution in [-0.2, 0) is 27.3 Å². The summed E-state index contributed by atoms with van der Waals surface area (Å²) in [7, 11) is -6.90. The maximum Gasteiger partial charge on any atom is 0.329 e. The van der Waals surface area contributed by atoms with E-state index in [0.717, 1.165) is 12.2 Å². The molecule has 0 bridgehead atoms. The molecule has 6 nitrogen and oxygen atoms in total. The molecule has 9 heteroatoms. The lowest BCUT2D eigenvalue weighted by atomic mass is 10.7. The summed E-state index contributed by atoms with van der Waals surface area (Å²) in [6.45, 7) is 18.5. The Hall–Kier alpha value is -1.01. The third-order valence-corrected chi connectivity index (χ3v) is 12.5. The molecular formula is C16H36O6Si3. The van der Waals surface area contributed by atoms with Gasteiger partial charge in [0.25, 0.3) is 0 Å². The third kappa shape index (κ3) is 13.9. The summed E-state index contributed by atoms with van der Waals surface area (Å²) in [6.07, 6.45) is 2.75. The molecule has 0 aromatic rings. The maximum absolute atomic E-state index is 11.2. The second-order valence-electron chi connectivity index (χ2n) is 6.75. The van der Waals surface area contributed by atoms with Crippen molar-refractivity contribution >= 4 is 37.1 Å². The van der Waals surface area contributed by atoms with Crippen molar-refractivity contribution in [3.05, 3.63) is 25.3 Å². The standard InChI is InChI=1S/C14H28O6Si3.2CH4/c1-9-13(15)17-11-21(3,4)19-23(7,8)20-22(5,6)12-18-14(16)10-2;;/h9-10H,1-2,11-12H2,3-8H3;2*1H4. The maximum atomic E-state index is 11.2. The van der Waals surface area contributed by atoms with Gasteiger partial charge >= 0.3 is 20.5 Å². The van der Waals surface area contributed by atoms with E-state index < -0.39 is 37.1 Å². The molecule has 0 aliphatic carbocycles. The van der Waals surface area contributed by atoms with E-state index in [-0.39, 0.29) is 27.3 Å². The number of ether oxygens (including phenoxy) is 2. The zero-order valence-corrected chi connectivity index (χ0v) is 17.9. The smallest absolute Gasteiger partial charge is 0.329 e. The zero-order chi connectivity index (χ0) is 18.3. The van der Waals surface area contributed by atoms with Crippen molar-refractivity contribution < 1.29 is 27.3 Å². The van der Waals surface area contributed by atoms with E-state index in [1.807, 2.05) is 39.3 Å². The van der Waals surface area contributed by atoms with Crippen molar-refractivity contribution in [2.75, 3.05) is 12.5 Å². The van der Waals surface area contributed by atoms with E-state index in [0.29, 0.717) is 0 Å². The Morgan fingerprint density at radius 3 is 1.28 bits per heavy atom. The van der Waals surface area contributed by atoms with Crippen LogP contribution in [0.2, 0.25) is 39.3 Å². The van der Waals surface area contributed by atoms with Crippen molar-refractivity contribution in [1.82, 2.24) is 0 Å². The van der Waals surface area contributed by atoms with Crippen LogP contribution in [0.25, 0.3) is 0 Å². The minimum atomic E-state index is -2.45. The fourth-order valence-electron chi connectivity index (χ4n) is 2.02. The molecule has 0 aromatic heterocycles. The van der Waals surface area contributed by atoms with Crippen LogP contribution in [0.5, 0.6) is 0 Å². The summed E-state index contributed by atoms with van der Waals surface area (Å²) < 4.78 is 22.6. The van der Waals surface area contributed by atoms with Gasteiger partial charge < -0.3 is 17.7 Å². The third-order valence-electron chi connectivity index (χ3n) is 2.50. The fraction of sp³-hybridized carbons (Fsp3) is 0.625. The second kappa shape index (κ2) is 11.6. The van der Waals surface area contributed by atoms with Gasteiger partial charge in [-0.1, -0.05) is 28.0 Å². The van der Waals surface area contributed by atoms with Crippen LogP contribution in [0.4, 0.5) is 0 Å². The van der Waals surface area contributed by atoms with Crippen LogP contribution in [0.1, 0.15) is 14.9 Å². The first-order chi connectivity index (χ1) is 10.3. The van der Waals surface area contributed by atoms with Gasteiger partial charge in [-0.3, -0.25) is 0 Å². The number of carbonyl (C=O) groups is 2. The van der Waals surface area contributed by atoms with Crippen LogP contribution in [0.15, 0.2) is 25.3 Å². The first kappa shape index (κ1) is 28.8. The Morgan fingerprint density at radius 2 is 1.04 bits per heavy atom. The Morgan fingerprint density at radius 1 is 0.760 bits per heavy atom. The van der Waals surface area contributed by atoms with Crippen LogP contribution >= 0.6 is 0 Å². The van der Waals surface area contributed by atoms with Crippen LogP contribution < -0.4 is 0 Å². The summed E-state index contributed by atoms with van der Waals surface area (Å²) in [4.78, 5) is 22.4. The molecule has 0 unspecified atom stereocenters. The largest absolute Gasteiger partial charge is 0.463 e. The molecule has 0 aromatic carbocycles. The quantitative estimate of drug-likeness (QED) is 0.310. The molecule has 0 amide bonds. The Kier molecular flexibility index (Phi) is 13.3. The minimum absolute atomic E-state index is 0. The number of hydrogen-bond donors (Lipinski definition) is 0. The van der Waals surface area contributed by atoms with Gasteiger partial charge in [-0.2, -0.15) is 0 Å². The van der Waals surface area contributed by atoms with Crippen LogP contribution in [-0.4, -0.2) is 49.6 Å². The van der Waals surface area contributed by atoms with Crippen LogP contribution in [0.3, 0.4) is 0 Å². The normalized spacial score (nSPS) is 11.4. The summed E-state index contributed by atoms with van der Waals surface area (Å²) in [5.74, 6) is -0.916. The minimum Gasteiger partial charge on any atom is -0.463 e. The van der Waals surface area contributed by atoms with E-state index in [4.69, 9.17) is 17.7 Å². The van der Waals surface area contributed by atoms with E-state index in [9.17, 15) is 9.59 Å². The average Bonchev–Trinajstić information content (AvgIpc) is 2.39. The van der Waals surface area contributed by atoms with Crippen LogP contribution in [0, 0.1) is 0 Å². The lowest BCUT2D eigenvalue weighted by molar-refractivity contribution is -0.137. The topological polar surface area (TPSA) is 71.1 Å². The van der Waals surface area contributed by atoms with Gasteiger partial charge in [0.2, 0.25) is 16.6 Å². The molecule has 0 spiro atoms. The van der Waals surface area contributed by atoms with Crippen molar-refractivity contribution in [3.8, 4) is 0 Å². The molecule has 0 fully saturated rings. The molecule has 0 saturated carbocycles. The highest BCUT2D eigenvalue weighted by Crippen LogP contribution is 2.21. The van der Waals surface area contributed by atoms with Gasteiger partial charge in [0.15, 0.2) is 0 Å². The van der Waals surface area contributed by atoms with Gasteiger partial charge in [0.1, 0.15) is 12.5 Å². The first-order valence-electron chi connectivity index (χ1n) is 7.31. The van der Waals surface area contributed by atoms with E-state index in [1.54, 1.807) is 0 Å². The van der Waals surface area contributed by atoms with Gasteiger partial charge in [-0.15, -0.1) is 0 Å². The van der Waals surface area contributed by atoms with E-state index in [1.165, 1.54) is 0 Å². The van der Waals surface area contributed by atoms with Crippen molar-refractivity contribution in [2.45, 2.75) is 54.1 Å². The first-order valence-corrected chi connectivity index (χ1v) is 16.4. The summed E-state index contributed by atoms with van der Waals surface area (Å²) in [5.41, 5.74) is 0. The Bertz CT molecular complexity index is 421.